The highest BCUT2D eigenvalue weighted by Crippen LogP contribution is 2.21. The van der Waals surface area contributed by atoms with Crippen LogP contribution in [0, 0.1) is 16.7 Å². The van der Waals surface area contributed by atoms with Gasteiger partial charge in [-0.1, -0.05) is 0 Å². The highest BCUT2D eigenvalue weighted by molar-refractivity contribution is 4.91. The maximum Gasteiger partial charge on any atom is 0.0698 e. The summed E-state index contributed by atoms with van der Waals surface area (Å²) in [5.41, 5.74) is -0.170. The number of likely N-dealkylation sites (tertiary alicyclic amines) is 1. The molecule has 0 aromatic carbocycles. The normalized spacial score (nSPS) is 23.0. The van der Waals surface area contributed by atoms with Gasteiger partial charge in [-0.15, -0.1) is 0 Å². The van der Waals surface area contributed by atoms with Gasteiger partial charge in [0.05, 0.1) is 17.6 Å². The second-order valence-corrected chi connectivity index (χ2v) is 5.40. The number of piperidine rings is 1. The fourth-order valence-corrected chi connectivity index (χ4v) is 2.21. The number of methoxy groups -OCH3 is 1. The van der Waals surface area contributed by atoms with Crippen molar-refractivity contribution < 1.29 is 4.74 Å². The zero-order chi connectivity index (χ0) is 12.0. The molecule has 1 aliphatic heterocycles. The molecule has 3 heteroatoms. The average molecular weight is 224 g/mol. The van der Waals surface area contributed by atoms with E-state index in [2.05, 4.69) is 11.0 Å². The molecular formula is C13H24N2O. The number of hydrogen-bond acceptors (Lipinski definition) is 3. The first kappa shape index (κ1) is 13.5. The monoisotopic (exact) mass is 224 g/mol. The van der Waals surface area contributed by atoms with E-state index in [1.807, 2.05) is 13.8 Å². The van der Waals surface area contributed by atoms with Gasteiger partial charge in [0.15, 0.2) is 0 Å². The Hall–Kier alpha value is -0.590. The predicted octanol–water partition coefficient (Wildman–Crippen LogP) is 2.43. The minimum Gasteiger partial charge on any atom is -0.380 e. The molecule has 0 radical (unpaired) electrons. The first-order chi connectivity index (χ1) is 7.57. The van der Waals surface area contributed by atoms with Gasteiger partial charge < -0.3 is 9.64 Å². The second kappa shape index (κ2) is 6.22. The van der Waals surface area contributed by atoms with Gasteiger partial charge in [0.2, 0.25) is 0 Å². The molecule has 1 rings (SSSR count). The third-order valence-electron chi connectivity index (χ3n) is 3.37. The third-order valence-corrected chi connectivity index (χ3v) is 3.37. The van der Waals surface area contributed by atoms with Gasteiger partial charge in [-0.05, 0) is 52.6 Å². The van der Waals surface area contributed by atoms with Crippen LogP contribution in [0.2, 0.25) is 0 Å². The van der Waals surface area contributed by atoms with E-state index in [-0.39, 0.29) is 5.41 Å². The van der Waals surface area contributed by atoms with Crippen LogP contribution < -0.4 is 0 Å². The van der Waals surface area contributed by atoms with Crippen molar-refractivity contribution in [1.82, 2.24) is 4.90 Å². The smallest absolute Gasteiger partial charge is 0.0698 e. The van der Waals surface area contributed by atoms with Crippen molar-refractivity contribution in [2.75, 3.05) is 26.7 Å². The molecule has 0 aromatic rings. The summed E-state index contributed by atoms with van der Waals surface area (Å²) in [7, 11) is 1.80. The summed E-state index contributed by atoms with van der Waals surface area (Å²) in [5, 5.41) is 8.93. The molecule has 1 saturated heterocycles. The molecular weight excluding hydrogens is 200 g/mol. The van der Waals surface area contributed by atoms with Crippen molar-refractivity contribution in [1.29, 1.82) is 5.26 Å². The molecule has 0 aromatic heterocycles. The molecule has 16 heavy (non-hydrogen) atoms. The van der Waals surface area contributed by atoms with Crippen LogP contribution in [-0.4, -0.2) is 37.7 Å². The maximum atomic E-state index is 8.93. The van der Waals surface area contributed by atoms with Crippen LogP contribution >= 0.6 is 0 Å². The Kier molecular flexibility index (Phi) is 5.24. The van der Waals surface area contributed by atoms with Gasteiger partial charge in [0.25, 0.3) is 0 Å². The Labute approximate surface area is 99.4 Å². The number of nitrogens with zero attached hydrogens (tertiary/aromatic N) is 2. The summed E-state index contributed by atoms with van der Waals surface area (Å²) < 4.78 is 5.40. The van der Waals surface area contributed by atoms with Crippen molar-refractivity contribution in [3.05, 3.63) is 0 Å². The summed E-state index contributed by atoms with van der Waals surface area (Å²) in [4.78, 5) is 2.46. The Morgan fingerprint density at radius 1 is 1.50 bits per heavy atom. The lowest BCUT2D eigenvalue weighted by Gasteiger charge is -2.32. The van der Waals surface area contributed by atoms with Crippen molar-refractivity contribution in [2.24, 2.45) is 5.41 Å². The molecule has 0 N–H and O–H groups in total. The summed E-state index contributed by atoms with van der Waals surface area (Å²) >= 11 is 0. The fourth-order valence-electron chi connectivity index (χ4n) is 2.21. The molecule has 0 saturated carbocycles. The van der Waals surface area contributed by atoms with E-state index in [1.54, 1.807) is 7.11 Å². The number of ether oxygens (including phenoxy) is 1. The van der Waals surface area contributed by atoms with E-state index in [9.17, 15) is 0 Å². The van der Waals surface area contributed by atoms with Gasteiger partial charge >= 0.3 is 0 Å². The summed E-state index contributed by atoms with van der Waals surface area (Å²) in [6.07, 6.45) is 4.93. The first-order valence-corrected chi connectivity index (χ1v) is 6.24. The topological polar surface area (TPSA) is 36.3 Å². The van der Waals surface area contributed by atoms with Gasteiger partial charge in [0.1, 0.15) is 0 Å². The van der Waals surface area contributed by atoms with E-state index in [0.717, 1.165) is 25.9 Å². The third kappa shape index (κ3) is 4.51. The Morgan fingerprint density at radius 2 is 2.25 bits per heavy atom. The molecule has 0 bridgehead atoms. The predicted molar refractivity (Wildman–Crippen MR) is 65.1 cm³/mol. The quantitative estimate of drug-likeness (QED) is 0.719. The molecule has 1 heterocycles. The van der Waals surface area contributed by atoms with E-state index in [1.165, 1.54) is 19.4 Å². The van der Waals surface area contributed by atoms with Crippen molar-refractivity contribution in [3.63, 3.8) is 0 Å². The lowest BCUT2D eigenvalue weighted by atomic mass is 9.89. The molecule has 0 spiro atoms. The molecule has 3 nitrogen and oxygen atoms in total. The Morgan fingerprint density at radius 3 is 2.88 bits per heavy atom. The molecule has 1 atom stereocenters. The van der Waals surface area contributed by atoms with Crippen LogP contribution in [0.4, 0.5) is 0 Å². The van der Waals surface area contributed by atoms with Crippen LogP contribution in [0.25, 0.3) is 0 Å². The van der Waals surface area contributed by atoms with E-state index >= 15 is 0 Å². The van der Waals surface area contributed by atoms with Crippen LogP contribution in [-0.2, 0) is 4.74 Å². The summed E-state index contributed by atoms with van der Waals surface area (Å²) in [6, 6.07) is 2.36. The minimum atomic E-state index is -0.170. The van der Waals surface area contributed by atoms with Gasteiger partial charge in [0, 0.05) is 13.7 Å². The number of nitriles is 1. The number of rotatable bonds is 5. The van der Waals surface area contributed by atoms with Crippen LogP contribution in [0.1, 0.15) is 39.5 Å². The highest BCUT2D eigenvalue weighted by Gasteiger charge is 2.20. The largest absolute Gasteiger partial charge is 0.380 e. The van der Waals surface area contributed by atoms with Gasteiger partial charge in [-0.2, -0.15) is 5.26 Å². The molecule has 1 aliphatic rings. The molecule has 1 fully saturated rings. The maximum absolute atomic E-state index is 8.93. The van der Waals surface area contributed by atoms with E-state index in [0.29, 0.717) is 6.10 Å². The summed E-state index contributed by atoms with van der Waals surface area (Å²) in [6.45, 7) is 7.38. The minimum absolute atomic E-state index is 0.170. The van der Waals surface area contributed by atoms with Crippen LogP contribution in [0.5, 0.6) is 0 Å². The van der Waals surface area contributed by atoms with Crippen molar-refractivity contribution >= 4 is 0 Å². The zero-order valence-corrected chi connectivity index (χ0v) is 10.8. The van der Waals surface area contributed by atoms with Gasteiger partial charge in [-0.25, -0.2) is 0 Å². The summed E-state index contributed by atoms with van der Waals surface area (Å²) in [5.74, 6) is 0. The van der Waals surface area contributed by atoms with Crippen LogP contribution in [0.15, 0.2) is 0 Å². The molecule has 92 valence electrons. The highest BCUT2D eigenvalue weighted by atomic mass is 16.5. The SMILES string of the molecule is COC1CCCN(CCCC(C)(C)C#N)C1. The second-order valence-electron chi connectivity index (χ2n) is 5.40. The average Bonchev–Trinajstić information content (AvgIpc) is 2.29. The zero-order valence-electron chi connectivity index (χ0n) is 10.8. The first-order valence-electron chi connectivity index (χ1n) is 6.24. The standard InChI is InChI=1S/C13H24N2O/c1-13(2,11-14)7-5-9-15-8-4-6-12(10-15)16-3/h12H,4-10H2,1-3H3. The molecule has 1 unspecified atom stereocenters. The van der Waals surface area contributed by atoms with Crippen LogP contribution in [0.3, 0.4) is 0 Å². The lowest BCUT2D eigenvalue weighted by molar-refractivity contribution is 0.0303. The van der Waals surface area contributed by atoms with E-state index < -0.39 is 0 Å². The van der Waals surface area contributed by atoms with Gasteiger partial charge in [-0.3, -0.25) is 0 Å². The van der Waals surface area contributed by atoms with Crippen molar-refractivity contribution in [3.8, 4) is 6.07 Å². The fraction of sp³-hybridized carbons (Fsp3) is 0.923. The van der Waals surface area contributed by atoms with E-state index in [4.69, 9.17) is 10.00 Å². The van der Waals surface area contributed by atoms with Crippen molar-refractivity contribution in [2.45, 2.75) is 45.6 Å². The Balaban J connectivity index is 2.20. The Bertz CT molecular complexity index is 245. The molecule has 0 aliphatic carbocycles. The lowest BCUT2D eigenvalue weighted by Crippen LogP contribution is -2.39. The molecule has 0 amide bonds. The number of hydrogen-bond donors (Lipinski definition) is 0.